The zero-order valence-corrected chi connectivity index (χ0v) is 15.4. The SMILES string of the molecule is CC(C(=O)NC1=NCCS1)c1cccc(C(=O)c2ccccc2)c1.Cl. The van der Waals surface area contributed by atoms with Crippen LogP contribution >= 0.6 is 24.2 Å². The minimum Gasteiger partial charge on any atom is -0.305 e. The van der Waals surface area contributed by atoms with Crippen molar-refractivity contribution in [3.8, 4) is 0 Å². The fourth-order valence-electron chi connectivity index (χ4n) is 2.48. The van der Waals surface area contributed by atoms with Gasteiger partial charge >= 0.3 is 0 Å². The Hall–Kier alpha value is -2.11. The molecule has 0 radical (unpaired) electrons. The van der Waals surface area contributed by atoms with Crippen molar-refractivity contribution in [3.05, 3.63) is 71.3 Å². The third-order valence-corrected chi connectivity index (χ3v) is 4.78. The summed E-state index contributed by atoms with van der Waals surface area (Å²) in [6, 6.07) is 16.4. The number of carbonyl (C=O) groups is 2. The number of amides is 1. The van der Waals surface area contributed by atoms with Crippen LogP contribution in [-0.2, 0) is 4.79 Å². The van der Waals surface area contributed by atoms with Crippen LogP contribution < -0.4 is 5.32 Å². The van der Waals surface area contributed by atoms with Crippen LogP contribution in [0.15, 0.2) is 59.6 Å². The summed E-state index contributed by atoms with van der Waals surface area (Å²) in [6.45, 7) is 2.58. The first-order valence-electron chi connectivity index (χ1n) is 7.83. The molecule has 1 N–H and O–H groups in total. The number of halogens is 1. The summed E-state index contributed by atoms with van der Waals surface area (Å²) >= 11 is 1.55. The topological polar surface area (TPSA) is 58.5 Å². The molecule has 2 aromatic carbocycles. The molecule has 2 aromatic rings. The lowest BCUT2D eigenvalue weighted by Gasteiger charge is -2.13. The first-order valence-corrected chi connectivity index (χ1v) is 8.81. The average Bonchev–Trinajstić information content (AvgIpc) is 3.14. The highest BCUT2D eigenvalue weighted by Crippen LogP contribution is 2.20. The van der Waals surface area contributed by atoms with E-state index in [-0.39, 0.29) is 30.0 Å². The van der Waals surface area contributed by atoms with Gasteiger partial charge in [0.05, 0.1) is 12.5 Å². The quantitative estimate of drug-likeness (QED) is 0.831. The van der Waals surface area contributed by atoms with E-state index in [9.17, 15) is 9.59 Å². The molecule has 1 heterocycles. The first kappa shape index (κ1) is 19.2. The van der Waals surface area contributed by atoms with Crippen LogP contribution in [0.25, 0.3) is 0 Å². The fraction of sp³-hybridized carbons (Fsp3) is 0.211. The molecule has 1 aliphatic rings. The van der Waals surface area contributed by atoms with Gasteiger partial charge in [-0.05, 0) is 18.6 Å². The summed E-state index contributed by atoms with van der Waals surface area (Å²) in [5.41, 5.74) is 2.05. The molecule has 1 aliphatic heterocycles. The number of ketones is 1. The second-order valence-corrected chi connectivity index (χ2v) is 6.65. The third kappa shape index (κ3) is 4.71. The Morgan fingerprint density at radius 2 is 1.80 bits per heavy atom. The second-order valence-electron chi connectivity index (χ2n) is 5.57. The highest BCUT2D eigenvalue weighted by atomic mass is 35.5. The van der Waals surface area contributed by atoms with Crippen LogP contribution in [0.5, 0.6) is 0 Å². The van der Waals surface area contributed by atoms with Crippen LogP contribution in [0.3, 0.4) is 0 Å². The maximum absolute atomic E-state index is 12.5. The average molecular weight is 375 g/mol. The van der Waals surface area contributed by atoms with E-state index < -0.39 is 0 Å². The number of nitrogens with zero attached hydrogens (tertiary/aromatic N) is 1. The van der Waals surface area contributed by atoms with Gasteiger partial charge in [0.1, 0.15) is 0 Å². The Labute approximate surface area is 157 Å². The number of hydrogen-bond acceptors (Lipinski definition) is 4. The van der Waals surface area contributed by atoms with Crippen molar-refractivity contribution in [2.75, 3.05) is 12.3 Å². The van der Waals surface area contributed by atoms with Crippen LogP contribution in [0, 0.1) is 0 Å². The molecule has 4 nitrogen and oxygen atoms in total. The Bertz CT molecular complexity index is 793. The van der Waals surface area contributed by atoms with Gasteiger partial charge in [0.15, 0.2) is 11.0 Å². The number of nitrogens with one attached hydrogen (secondary N) is 1. The molecule has 25 heavy (non-hydrogen) atoms. The van der Waals surface area contributed by atoms with Gasteiger partial charge in [0, 0.05) is 16.9 Å². The maximum Gasteiger partial charge on any atom is 0.233 e. The lowest BCUT2D eigenvalue weighted by atomic mass is 9.95. The molecule has 0 aromatic heterocycles. The van der Waals surface area contributed by atoms with Gasteiger partial charge in [-0.25, -0.2) is 0 Å². The number of hydrogen-bond donors (Lipinski definition) is 1. The van der Waals surface area contributed by atoms with Crippen molar-refractivity contribution in [2.45, 2.75) is 12.8 Å². The smallest absolute Gasteiger partial charge is 0.233 e. The van der Waals surface area contributed by atoms with E-state index in [1.165, 1.54) is 0 Å². The number of rotatable bonds is 4. The summed E-state index contributed by atoms with van der Waals surface area (Å²) in [7, 11) is 0. The summed E-state index contributed by atoms with van der Waals surface area (Å²) in [4.78, 5) is 29.1. The summed E-state index contributed by atoms with van der Waals surface area (Å²) in [5.74, 6) is 0.413. The summed E-state index contributed by atoms with van der Waals surface area (Å²) in [5, 5.41) is 3.53. The number of benzene rings is 2. The van der Waals surface area contributed by atoms with Crippen LogP contribution in [0.1, 0.15) is 34.3 Å². The largest absolute Gasteiger partial charge is 0.305 e. The van der Waals surface area contributed by atoms with Gasteiger partial charge in [-0.3, -0.25) is 14.6 Å². The molecule has 0 saturated heterocycles. The molecule has 1 unspecified atom stereocenters. The Balaban J connectivity index is 0.00000225. The number of thioether (sulfide) groups is 1. The maximum atomic E-state index is 12.5. The summed E-state index contributed by atoms with van der Waals surface area (Å²) in [6.07, 6.45) is 0. The van der Waals surface area contributed by atoms with E-state index in [1.54, 1.807) is 36.0 Å². The van der Waals surface area contributed by atoms with Gasteiger partial charge in [0.2, 0.25) is 5.91 Å². The normalized spacial score (nSPS) is 14.2. The Morgan fingerprint density at radius 3 is 2.48 bits per heavy atom. The van der Waals surface area contributed by atoms with E-state index in [2.05, 4.69) is 10.3 Å². The molecule has 130 valence electrons. The van der Waals surface area contributed by atoms with Gasteiger partial charge in [-0.15, -0.1) is 12.4 Å². The number of carbonyl (C=O) groups excluding carboxylic acids is 2. The molecule has 3 rings (SSSR count). The number of amidine groups is 1. The minimum atomic E-state index is -0.350. The van der Waals surface area contributed by atoms with Crippen LogP contribution in [0.4, 0.5) is 0 Å². The van der Waals surface area contributed by atoms with Crippen molar-refractivity contribution < 1.29 is 9.59 Å². The molecule has 0 saturated carbocycles. The highest BCUT2D eigenvalue weighted by molar-refractivity contribution is 8.14. The Morgan fingerprint density at radius 1 is 1.08 bits per heavy atom. The highest BCUT2D eigenvalue weighted by Gasteiger charge is 2.19. The first-order chi connectivity index (χ1) is 11.6. The fourth-order valence-corrected chi connectivity index (χ4v) is 3.21. The molecular weight excluding hydrogens is 356 g/mol. The van der Waals surface area contributed by atoms with Gasteiger partial charge < -0.3 is 5.32 Å². The van der Waals surface area contributed by atoms with Gasteiger partial charge in [-0.2, -0.15) is 0 Å². The van der Waals surface area contributed by atoms with E-state index in [0.29, 0.717) is 16.3 Å². The second kappa shape index (κ2) is 8.83. The molecule has 0 aliphatic carbocycles. The van der Waals surface area contributed by atoms with Gasteiger partial charge in [0.25, 0.3) is 0 Å². The minimum absolute atomic E-state index is 0. The van der Waals surface area contributed by atoms with E-state index in [1.807, 2.05) is 37.3 Å². The molecule has 0 bridgehead atoms. The van der Waals surface area contributed by atoms with Gasteiger partial charge in [-0.1, -0.05) is 60.3 Å². The lowest BCUT2D eigenvalue weighted by molar-refractivity contribution is -0.120. The molecule has 0 fully saturated rings. The predicted octanol–water partition coefficient (Wildman–Crippen LogP) is 3.66. The van der Waals surface area contributed by atoms with Crippen LogP contribution in [0.2, 0.25) is 0 Å². The molecular formula is C19H19ClN2O2S. The standard InChI is InChI=1S/C19H18N2O2S.ClH/c1-13(18(23)21-19-20-10-11-24-19)15-8-5-9-16(12-15)17(22)14-6-3-2-4-7-14;/h2-9,12-13H,10-11H2,1H3,(H,20,21,23);1H. The Kier molecular flexibility index (Phi) is 6.79. The molecule has 1 atom stereocenters. The number of aliphatic imine (C=N–C) groups is 1. The molecule has 1 amide bonds. The van der Waals surface area contributed by atoms with E-state index >= 15 is 0 Å². The third-order valence-electron chi connectivity index (χ3n) is 3.89. The molecule has 0 spiro atoms. The molecule has 6 heteroatoms. The van der Waals surface area contributed by atoms with Crippen molar-refractivity contribution in [1.82, 2.24) is 5.32 Å². The summed E-state index contributed by atoms with van der Waals surface area (Å²) < 4.78 is 0. The van der Waals surface area contributed by atoms with Crippen molar-refractivity contribution in [1.29, 1.82) is 0 Å². The zero-order chi connectivity index (χ0) is 16.9. The van der Waals surface area contributed by atoms with Crippen LogP contribution in [-0.4, -0.2) is 29.2 Å². The van der Waals surface area contributed by atoms with Crippen molar-refractivity contribution >= 4 is 41.0 Å². The van der Waals surface area contributed by atoms with Crippen molar-refractivity contribution in [3.63, 3.8) is 0 Å². The van der Waals surface area contributed by atoms with E-state index in [0.717, 1.165) is 17.9 Å². The van der Waals surface area contributed by atoms with Crippen molar-refractivity contribution in [2.24, 2.45) is 4.99 Å². The zero-order valence-electron chi connectivity index (χ0n) is 13.8. The van der Waals surface area contributed by atoms with E-state index in [4.69, 9.17) is 0 Å². The predicted molar refractivity (Wildman–Crippen MR) is 105 cm³/mol. The monoisotopic (exact) mass is 374 g/mol. The lowest BCUT2D eigenvalue weighted by Crippen LogP contribution is -2.31.